The average Bonchev–Trinajstić information content (AvgIpc) is 2.92. The van der Waals surface area contributed by atoms with Crippen LogP contribution in [0.25, 0.3) is 0 Å². The van der Waals surface area contributed by atoms with E-state index in [2.05, 4.69) is 31.9 Å². The molecule has 39 heavy (non-hydrogen) atoms. The number of hydrogen-bond donors (Lipinski definition) is 0. The molecular weight excluding hydrogens is 648 g/mol. The van der Waals surface area contributed by atoms with E-state index in [9.17, 15) is 31.9 Å². The van der Waals surface area contributed by atoms with Gasteiger partial charge >= 0.3 is 0 Å². The number of pyridine rings is 2. The van der Waals surface area contributed by atoms with Crippen LogP contribution in [0.1, 0.15) is 59.4 Å². The zero-order valence-electron chi connectivity index (χ0n) is 20.6. The van der Waals surface area contributed by atoms with Crippen molar-refractivity contribution in [3.05, 3.63) is 137 Å². The Labute approximate surface area is 238 Å². The van der Waals surface area contributed by atoms with Gasteiger partial charge in [0.15, 0.2) is 6.29 Å². The van der Waals surface area contributed by atoms with Gasteiger partial charge in [0.05, 0.1) is 21.0 Å². The van der Waals surface area contributed by atoms with Crippen LogP contribution >= 0.6 is 31.9 Å². The van der Waals surface area contributed by atoms with E-state index in [1.54, 1.807) is 19.1 Å². The summed E-state index contributed by atoms with van der Waals surface area (Å²) in [6.45, 7) is 3.51. The van der Waals surface area contributed by atoms with E-state index in [0.29, 0.717) is 21.9 Å². The van der Waals surface area contributed by atoms with Gasteiger partial charge in [-0.25, -0.2) is 17.6 Å². The lowest BCUT2D eigenvalue weighted by Crippen LogP contribution is -2.24. The summed E-state index contributed by atoms with van der Waals surface area (Å²) in [6, 6.07) is 13.3. The summed E-state index contributed by atoms with van der Waals surface area (Å²) in [5.74, 6) is -0.720. The van der Waals surface area contributed by atoms with Gasteiger partial charge in [-0.3, -0.25) is 14.4 Å². The van der Waals surface area contributed by atoms with Crippen molar-refractivity contribution in [2.75, 3.05) is 0 Å². The van der Waals surface area contributed by atoms with Crippen molar-refractivity contribution in [3.8, 4) is 0 Å². The number of alkyl halides is 2. The third kappa shape index (κ3) is 7.42. The van der Waals surface area contributed by atoms with Crippen molar-refractivity contribution in [1.82, 2.24) is 9.13 Å². The standard InChI is InChI=1S/C14H11BrF3NO.C14H11BrFNO2/c1-8(9-2-4-11(16)5-3-9)19-7-10(13(17)18)6-12(15)14(19)20;1-9(11-2-4-12(16)5-3-11)17-7-10(8-18)6-13(15)14(17)19/h2-8,13H,1H3;2-9H,1H3/t8-;9-/m00/s1. The fourth-order valence-electron chi connectivity index (χ4n) is 3.74. The summed E-state index contributed by atoms with van der Waals surface area (Å²) in [7, 11) is 0. The minimum Gasteiger partial charge on any atom is -0.307 e. The fourth-order valence-corrected chi connectivity index (χ4v) is 4.68. The number of nitrogens with zero attached hydrogens (tertiary/aromatic N) is 2. The van der Waals surface area contributed by atoms with Gasteiger partial charge in [-0.15, -0.1) is 0 Å². The Morgan fingerprint density at radius 2 is 1.10 bits per heavy atom. The average molecular weight is 670 g/mol. The van der Waals surface area contributed by atoms with Crippen LogP contribution in [0.15, 0.2) is 91.6 Å². The summed E-state index contributed by atoms with van der Waals surface area (Å²) in [6.07, 6.45) is 0.636. The highest BCUT2D eigenvalue weighted by molar-refractivity contribution is 9.10. The van der Waals surface area contributed by atoms with Crippen LogP contribution in [-0.4, -0.2) is 15.4 Å². The predicted molar refractivity (Wildman–Crippen MR) is 148 cm³/mol. The molecule has 0 aliphatic rings. The lowest BCUT2D eigenvalue weighted by Gasteiger charge is -2.17. The molecule has 5 nitrogen and oxygen atoms in total. The third-order valence-electron chi connectivity index (χ3n) is 5.97. The first kappa shape index (κ1) is 30.2. The normalized spacial score (nSPS) is 12.4. The molecule has 4 rings (SSSR count). The maximum absolute atomic E-state index is 12.9. The first-order valence-electron chi connectivity index (χ1n) is 11.5. The number of carbonyl (C=O) groups excluding carboxylic acids is 1. The highest BCUT2D eigenvalue weighted by Crippen LogP contribution is 2.24. The van der Waals surface area contributed by atoms with E-state index in [4.69, 9.17) is 0 Å². The molecular formula is C28H22Br2F4N2O3. The van der Waals surface area contributed by atoms with Gasteiger partial charge in [-0.05, 0) is 93.2 Å². The minimum absolute atomic E-state index is 0.0734. The van der Waals surface area contributed by atoms with Gasteiger partial charge in [0.2, 0.25) is 0 Å². The molecule has 0 unspecified atom stereocenters. The topological polar surface area (TPSA) is 61.1 Å². The molecule has 0 aliphatic heterocycles. The van der Waals surface area contributed by atoms with Crippen molar-refractivity contribution < 1.29 is 22.4 Å². The number of carbonyl (C=O) groups is 1. The van der Waals surface area contributed by atoms with Crippen LogP contribution in [0.2, 0.25) is 0 Å². The Morgan fingerprint density at radius 3 is 1.51 bits per heavy atom. The minimum atomic E-state index is -2.67. The lowest BCUT2D eigenvalue weighted by atomic mass is 10.1. The molecule has 0 N–H and O–H groups in total. The second-order valence-electron chi connectivity index (χ2n) is 8.54. The molecule has 204 valence electrons. The predicted octanol–water partition coefficient (Wildman–Crippen LogP) is 7.47. The van der Waals surface area contributed by atoms with Gasteiger partial charge in [0, 0.05) is 23.5 Å². The van der Waals surface area contributed by atoms with Crippen molar-refractivity contribution in [3.63, 3.8) is 0 Å². The van der Waals surface area contributed by atoms with E-state index < -0.39 is 23.8 Å². The van der Waals surface area contributed by atoms with E-state index >= 15 is 0 Å². The molecule has 2 atom stereocenters. The molecule has 4 aromatic rings. The molecule has 0 amide bonds. The van der Waals surface area contributed by atoms with Gasteiger partial charge < -0.3 is 9.13 Å². The van der Waals surface area contributed by atoms with E-state index in [1.165, 1.54) is 57.8 Å². The molecule has 0 aliphatic carbocycles. The second-order valence-corrected chi connectivity index (χ2v) is 10.2. The maximum Gasteiger partial charge on any atom is 0.265 e. The summed E-state index contributed by atoms with van der Waals surface area (Å²) in [4.78, 5) is 34.9. The third-order valence-corrected chi connectivity index (χ3v) is 7.10. The highest BCUT2D eigenvalue weighted by Gasteiger charge is 2.17. The quantitative estimate of drug-likeness (QED) is 0.158. The van der Waals surface area contributed by atoms with Crippen LogP contribution < -0.4 is 11.1 Å². The molecule has 2 heterocycles. The Balaban J connectivity index is 0.000000216. The van der Waals surface area contributed by atoms with Crippen molar-refractivity contribution in [2.45, 2.75) is 32.4 Å². The molecule has 0 fully saturated rings. The Bertz CT molecular complexity index is 1570. The van der Waals surface area contributed by atoms with Crippen molar-refractivity contribution in [2.24, 2.45) is 0 Å². The molecule has 0 saturated heterocycles. The molecule has 0 spiro atoms. The number of aldehydes is 1. The Morgan fingerprint density at radius 1 is 0.692 bits per heavy atom. The first-order chi connectivity index (χ1) is 18.4. The first-order valence-corrected chi connectivity index (χ1v) is 13.1. The van der Waals surface area contributed by atoms with Gasteiger partial charge in [0.1, 0.15) is 11.6 Å². The van der Waals surface area contributed by atoms with Crippen LogP contribution in [0, 0.1) is 11.6 Å². The van der Waals surface area contributed by atoms with Crippen LogP contribution in [0.4, 0.5) is 17.6 Å². The molecule has 0 radical (unpaired) electrons. The van der Waals surface area contributed by atoms with Gasteiger partial charge in [0.25, 0.3) is 17.5 Å². The lowest BCUT2D eigenvalue weighted by molar-refractivity contribution is 0.112. The SMILES string of the molecule is C[C@@H](c1ccc(F)cc1)n1cc(C(F)F)cc(Br)c1=O.C[C@@H](c1ccc(F)cc1)n1cc(C=O)cc(Br)c1=O. The van der Waals surface area contributed by atoms with Gasteiger partial charge in [-0.2, -0.15) is 0 Å². The van der Waals surface area contributed by atoms with Gasteiger partial charge in [-0.1, -0.05) is 24.3 Å². The van der Waals surface area contributed by atoms with Crippen molar-refractivity contribution in [1.29, 1.82) is 0 Å². The summed E-state index contributed by atoms with van der Waals surface area (Å²) >= 11 is 6.13. The number of aromatic nitrogens is 2. The number of halogens is 6. The summed E-state index contributed by atoms with van der Waals surface area (Å²) in [5.41, 5.74) is 0.963. The second kappa shape index (κ2) is 13.2. The Hall–Kier alpha value is -3.31. The molecule has 0 saturated carbocycles. The fraction of sp³-hybridized carbons (Fsp3) is 0.179. The summed E-state index contributed by atoms with van der Waals surface area (Å²) < 4.78 is 54.4. The van der Waals surface area contributed by atoms with Crippen molar-refractivity contribution >= 4 is 38.1 Å². The number of hydrogen-bond acceptors (Lipinski definition) is 3. The number of benzene rings is 2. The Kier molecular flexibility index (Phi) is 10.2. The summed E-state index contributed by atoms with van der Waals surface area (Å²) in [5, 5.41) is 0. The van der Waals surface area contributed by atoms with E-state index in [1.807, 2.05) is 6.92 Å². The maximum atomic E-state index is 12.9. The zero-order chi connectivity index (χ0) is 28.9. The van der Waals surface area contributed by atoms with Crippen LogP contribution in [0.5, 0.6) is 0 Å². The van der Waals surface area contributed by atoms with Crippen LogP contribution in [-0.2, 0) is 0 Å². The molecule has 2 aromatic carbocycles. The molecule has 11 heteroatoms. The van der Waals surface area contributed by atoms with Crippen LogP contribution in [0.3, 0.4) is 0 Å². The monoisotopic (exact) mass is 668 g/mol. The zero-order valence-corrected chi connectivity index (χ0v) is 23.8. The molecule has 0 bridgehead atoms. The molecule has 2 aromatic heterocycles. The number of rotatable bonds is 6. The van der Waals surface area contributed by atoms with E-state index in [-0.39, 0.29) is 27.5 Å². The highest BCUT2D eigenvalue weighted by atomic mass is 79.9. The van der Waals surface area contributed by atoms with E-state index in [0.717, 1.165) is 17.8 Å². The smallest absolute Gasteiger partial charge is 0.265 e. The largest absolute Gasteiger partial charge is 0.307 e.